The Hall–Kier alpha value is -1.51. The van der Waals surface area contributed by atoms with Gasteiger partial charge in [-0.3, -0.25) is 4.79 Å². The molecule has 1 aromatic carbocycles. The second kappa shape index (κ2) is 6.29. The van der Waals surface area contributed by atoms with Crippen LogP contribution in [0.5, 0.6) is 5.75 Å². The Morgan fingerprint density at radius 2 is 2.05 bits per heavy atom. The van der Waals surface area contributed by atoms with E-state index in [1.54, 1.807) is 0 Å². The van der Waals surface area contributed by atoms with Crippen LogP contribution in [0.2, 0.25) is 0 Å². The van der Waals surface area contributed by atoms with E-state index in [2.05, 4.69) is 17.4 Å². The van der Waals surface area contributed by atoms with E-state index < -0.39 is 0 Å². The Morgan fingerprint density at radius 3 is 2.90 bits per heavy atom. The summed E-state index contributed by atoms with van der Waals surface area (Å²) in [5.74, 6) is 1.49. The summed E-state index contributed by atoms with van der Waals surface area (Å²) in [6.45, 7) is 1.47. The van der Waals surface area contributed by atoms with Gasteiger partial charge in [0.15, 0.2) is 0 Å². The zero-order valence-corrected chi connectivity index (χ0v) is 12.0. The van der Waals surface area contributed by atoms with Crippen LogP contribution in [0.15, 0.2) is 18.2 Å². The molecule has 1 amide bonds. The number of rotatable bonds is 3. The number of hydrogen-bond acceptors (Lipinski definition) is 2. The molecule has 0 spiro atoms. The molecule has 1 N–H and O–H groups in total. The molecule has 1 aliphatic carbocycles. The van der Waals surface area contributed by atoms with Gasteiger partial charge in [0.1, 0.15) is 5.75 Å². The molecular weight excluding hydrogens is 250 g/mol. The molecule has 20 heavy (non-hydrogen) atoms. The van der Waals surface area contributed by atoms with Crippen LogP contribution in [-0.4, -0.2) is 12.5 Å². The van der Waals surface area contributed by atoms with Gasteiger partial charge >= 0.3 is 0 Å². The number of benzene rings is 1. The average molecular weight is 273 g/mol. The average Bonchev–Trinajstić information content (AvgIpc) is 2.53. The van der Waals surface area contributed by atoms with Crippen LogP contribution in [0.3, 0.4) is 0 Å². The highest BCUT2D eigenvalue weighted by Gasteiger charge is 2.20. The van der Waals surface area contributed by atoms with E-state index in [1.807, 2.05) is 6.07 Å². The highest BCUT2D eigenvalue weighted by Crippen LogP contribution is 2.26. The molecule has 3 rings (SSSR count). The number of hydrogen-bond donors (Lipinski definition) is 1. The Bertz CT molecular complexity index is 478. The first-order valence-corrected chi connectivity index (χ1v) is 7.85. The number of carbonyl (C=O) groups is 1. The van der Waals surface area contributed by atoms with Crippen molar-refractivity contribution in [3.8, 4) is 5.75 Å². The first-order valence-electron chi connectivity index (χ1n) is 7.85. The van der Waals surface area contributed by atoms with Crippen molar-refractivity contribution < 1.29 is 9.53 Å². The van der Waals surface area contributed by atoms with Gasteiger partial charge in [0, 0.05) is 12.5 Å². The molecule has 0 radical (unpaired) electrons. The number of amides is 1. The largest absolute Gasteiger partial charge is 0.493 e. The monoisotopic (exact) mass is 273 g/mol. The summed E-state index contributed by atoms with van der Waals surface area (Å²) in [7, 11) is 0. The highest BCUT2D eigenvalue weighted by molar-refractivity contribution is 5.78. The van der Waals surface area contributed by atoms with Crippen LogP contribution >= 0.6 is 0 Å². The van der Waals surface area contributed by atoms with Gasteiger partial charge in [0.05, 0.1) is 6.61 Å². The van der Waals surface area contributed by atoms with Crippen LogP contribution in [0.1, 0.15) is 49.7 Å². The molecule has 3 heteroatoms. The second-order valence-corrected chi connectivity index (χ2v) is 5.95. The maximum absolute atomic E-state index is 12.1. The van der Waals surface area contributed by atoms with E-state index in [-0.39, 0.29) is 11.8 Å². The third-order valence-corrected chi connectivity index (χ3v) is 4.42. The normalized spacial score (nSPS) is 19.0. The highest BCUT2D eigenvalue weighted by atomic mass is 16.5. The summed E-state index contributed by atoms with van der Waals surface area (Å²) in [4.78, 5) is 12.1. The van der Waals surface area contributed by atoms with E-state index >= 15 is 0 Å². The number of fused-ring (bicyclic) bond motifs is 1. The van der Waals surface area contributed by atoms with Gasteiger partial charge in [-0.05, 0) is 42.9 Å². The van der Waals surface area contributed by atoms with Crippen LogP contribution in [0, 0.1) is 5.92 Å². The number of carbonyl (C=O) groups excluding carboxylic acids is 1. The second-order valence-electron chi connectivity index (χ2n) is 5.95. The lowest BCUT2D eigenvalue weighted by Crippen LogP contribution is -2.31. The lowest BCUT2D eigenvalue weighted by Gasteiger charge is -2.21. The van der Waals surface area contributed by atoms with Gasteiger partial charge in [0.25, 0.3) is 0 Å². The Kier molecular flexibility index (Phi) is 4.24. The van der Waals surface area contributed by atoms with Crippen LogP contribution in [-0.2, 0) is 17.8 Å². The van der Waals surface area contributed by atoms with Gasteiger partial charge in [-0.15, -0.1) is 0 Å². The fourth-order valence-electron chi connectivity index (χ4n) is 3.22. The molecule has 1 aliphatic heterocycles. The van der Waals surface area contributed by atoms with Crippen LogP contribution in [0.25, 0.3) is 0 Å². The molecule has 3 nitrogen and oxygen atoms in total. The molecule has 1 aromatic rings. The molecule has 1 heterocycles. The van der Waals surface area contributed by atoms with Crippen molar-refractivity contribution in [2.24, 2.45) is 5.92 Å². The van der Waals surface area contributed by atoms with Gasteiger partial charge in [-0.1, -0.05) is 31.4 Å². The van der Waals surface area contributed by atoms with Crippen molar-refractivity contribution in [3.05, 3.63) is 29.3 Å². The molecule has 0 bridgehead atoms. The summed E-state index contributed by atoms with van der Waals surface area (Å²) in [6.07, 6.45) is 7.98. The molecular formula is C17H23NO2. The quantitative estimate of drug-likeness (QED) is 0.918. The minimum absolute atomic E-state index is 0.235. The van der Waals surface area contributed by atoms with Crippen LogP contribution < -0.4 is 10.1 Å². The first-order chi connectivity index (χ1) is 9.83. The number of nitrogens with one attached hydrogen (secondary N) is 1. The van der Waals surface area contributed by atoms with Crippen molar-refractivity contribution in [3.63, 3.8) is 0 Å². The molecule has 1 saturated carbocycles. The Labute approximate surface area is 120 Å². The van der Waals surface area contributed by atoms with E-state index in [0.29, 0.717) is 6.54 Å². The van der Waals surface area contributed by atoms with Gasteiger partial charge in [-0.2, -0.15) is 0 Å². The molecule has 0 unspecified atom stereocenters. The fourth-order valence-corrected chi connectivity index (χ4v) is 3.22. The van der Waals surface area contributed by atoms with Crippen molar-refractivity contribution in [2.75, 3.05) is 6.61 Å². The van der Waals surface area contributed by atoms with E-state index in [4.69, 9.17) is 4.74 Å². The molecule has 1 fully saturated rings. The minimum Gasteiger partial charge on any atom is -0.493 e. The maximum Gasteiger partial charge on any atom is 0.223 e. The zero-order valence-electron chi connectivity index (χ0n) is 12.0. The van der Waals surface area contributed by atoms with E-state index in [1.165, 1.54) is 30.4 Å². The molecule has 0 atom stereocenters. The van der Waals surface area contributed by atoms with E-state index in [9.17, 15) is 4.79 Å². The topological polar surface area (TPSA) is 38.3 Å². The zero-order chi connectivity index (χ0) is 13.8. The Balaban J connectivity index is 1.56. The fraction of sp³-hybridized carbons (Fsp3) is 0.588. The standard InChI is InChI=1S/C17H23NO2/c19-17(14-5-2-1-3-6-14)18-12-13-8-9-16-15(11-13)7-4-10-20-16/h8-9,11,14H,1-7,10,12H2,(H,18,19). The summed E-state index contributed by atoms with van der Waals surface area (Å²) in [5.41, 5.74) is 2.46. The molecule has 108 valence electrons. The number of aryl methyl sites for hydroxylation is 1. The summed E-state index contributed by atoms with van der Waals surface area (Å²) in [5, 5.41) is 3.10. The third-order valence-electron chi connectivity index (χ3n) is 4.42. The predicted octanol–water partition coefficient (Wildman–Crippen LogP) is 3.21. The SMILES string of the molecule is O=C(NCc1ccc2c(c1)CCCO2)C1CCCCC1. The third kappa shape index (κ3) is 3.14. The lowest BCUT2D eigenvalue weighted by atomic mass is 9.88. The smallest absolute Gasteiger partial charge is 0.223 e. The van der Waals surface area contributed by atoms with Gasteiger partial charge < -0.3 is 10.1 Å². The summed E-state index contributed by atoms with van der Waals surface area (Å²) in [6, 6.07) is 6.28. The summed E-state index contributed by atoms with van der Waals surface area (Å²) < 4.78 is 5.61. The number of ether oxygens (including phenoxy) is 1. The molecule has 2 aliphatic rings. The molecule has 0 aromatic heterocycles. The Morgan fingerprint density at radius 1 is 1.20 bits per heavy atom. The molecule has 0 saturated heterocycles. The van der Waals surface area contributed by atoms with Crippen molar-refractivity contribution in [1.29, 1.82) is 0 Å². The van der Waals surface area contributed by atoms with Crippen molar-refractivity contribution in [2.45, 2.75) is 51.5 Å². The van der Waals surface area contributed by atoms with E-state index in [0.717, 1.165) is 38.0 Å². The minimum atomic E-state index is 0.235. The van der Waals surface area contributed by atoms with Crippen molar-refractivity contribution in [1.82, 2.24) is 5.32 Å². The van der Waals surface area contributed by atoms with Crippen LogP contribution in [0.4, 0.5) is 0 Å². The van der Waals surface area contributed by atoms with Crippen molar-refractivity contribution >= 4 is 5.91 Å². The maximum atomic E-state index is 12.1. The first kappa shape index (κ1) is 13.5. The predicted molar refractivity (Wildman–Crippen MR) is 78.7 cm³/mol. The van der Waals surface area contributed by atoms with Gasteiger partial charge in [0.2, 0.25) is 5.91 Å². The van der Waals surface area contributed by atoms with Gasteiger partial charge in [-0.25, -0.2) is 0 Å². The lowest BCUT2D eigenvalue weighted by molar-refractivity contribution is -0.126. The summed E-state index contributed by atoms with van der Waals surface area (Å²) >= 11 is 0.